The molecule has 0 amide bonds. The second kappa shape index (κ2) is 5.45. The molecule has 2 rings (SSSR count). The van der Waals surface area contributed by atoms with E-state index in [9.17, 15) is 9.18 Å². The summed E-state index contributed by atoms with van der Waals surface area (Å²) in [4.78, 5) is 12.5. The van der Waals surface area contributed by atoms with E-state index in [2.05, 4.69) is 0 Å². The summed E-state index contributed by atoms with van der Waals surface area (Å²) in [6, 6.07) is 8.17. The van der Waals surface area contributed by atoms with Gasteiger partial charge in [0.2, 0.25) is 0 Å². The first-order valence-electron chi connectivity index (χ1n) is 6.40. The number of aryl methyl sites for hydroxylation is 3. The first kappa shape index (κ1) is 14.3. The van der Waals surface area contributed by atoms with Crippen LogP contribution < -0.4 is 4.74 Å². The van der Waals surface area contributed by atoms with Crippen molar-refractivity contribution in [2.45, 2.75) is 20.8 Å². The predicted octanol–water partition coefficient (Wildman–Crippen LogP) is 3.99. The number of carbonyl (C=O) groups is 1. The monoisotopic (exact) mass is 272 g/mol. The van der Waals surface area contributed by atoms with Crippen LogP contribution in [0.2, 0.25) is 0 Å². The number of carbonyl (C=O) groups excluding carboxylic acids is 1. The first-order chi connectivity index (χ1) is 9.43. The van der Waals surface area contributed by atoms with E-state index in [1.165, 1.54) is 6.07 Å². The number of ether oxygens (including phenoxy) is 1. The number of benzene rings is 2. The van der Waals surface area contributed by atoms with E-state index in [4.69, 9.17) is 4.74 Å². The fraction of sp³-hybridized carbons (Fsp3) is 0.235. The van der Waals surface area contributed by atoms with Gasteiger partial charge >= 0.3 is 0 Å². The van der Waals surface area contributed by atoms with Gasteiger partial charge < -0.3 is 4.74 Å². The van der Waals surface area contributed by atoms with Gasteiger partial charge in [-0.2, -0.15) is 0 Å². The van der Waals surface area contributed by atoms with Crippen LogP contribution in [0, 0.1) is 26.6 Å². The molecule has 0 unspecified atom stereocenters. The molecular weight excluding hydrogens is 255 g/mol. The van der Waals surface area contributed by atoms with E-state index in [0.29, 0.717) is 16.7 Å². The third-order valence-electron chi connectivity index (χ3n) is 3.42. The Balaban J connectivity index is 2.48. The summed E-state index contributed by atoms with van der Waals surface area (Å²) in [6.45, 7) is 5.40. The normalized spacial score (nSPS) is 10.4. The molecule has 3 heteroatoms. The zero-order chi connectivity index (χ0) is 14.9. The molecule has 0 aliphatic heterocycles. The molecule has 0 N–H and O–H groups in total. The summed E-state index contributed by atoms with van der Waals surface area (Å²) < 4.78 is 18.8. The highest BCUT2D eigenvalue weighted by molar-refractivity contribution is 6.10. The third kappa shape index (κ3) is 2.57. The van der Waals surface area contributed by atoms with Crippen molar-refractivity contribution in [3.63, 3.8) is 0 Å². The fourth-order valence-electron chi connectivity index (χ4n) is 2.14. The Labute approximate surface area is 118 Å². The lowest BCUT2D eigenvalue weighted by molar-refractivity contribution is 0.103. The van der Waals surface area contributed by atoms with Gasteiger partial charge in [0.15, 0.2) is 5.78 Å². The molecule has 0 heterocycles. The molecule has 2 aromatic rings. The van der Waals surface area contributed by atoms with E-state index in [1.54, 1.807) is 32.2 Å². The topological polar surface area (TPSA) is 26.3 Å². The van der Waals surface area contributed by atoms with Crippen LogP contribution in [-0.4, -0.2) is 12.9 Å². The van der Waals surface area contributed by atoms with Crippen molar-refractivity contribution >= 4 is 5.78 Å². The maximum Gasteiger partial charge on any atom is 0.193 e. The fourth-order valence-corrected chi connectivity index (χ4v) is 2.14. The Morgan fingerprint density at radius 3 is 2.30 bits per heavy atom. The number of halogens is 1. The molecule has 0 fully saturated rings. The van der Waals surface area contributed by atoms with Gasteiger partial charge in [0, 0.05) is 11.1 Å². The molecule has 0 aliphatic carbocycles. The number of ketones is 1. The molecule has 0 aliphatic rings. The van der Waals surface area contributed by atoms with Crippen molar-refractivity contribution in [3.05, 3.63) is 64.0 Å². The van der Waals surface area contributed by atoms with Gasteiger partial charge in [-0.1, -0.05) is 12.1 Å². The second-order valence-corrected chi connectivity index (χ2v) is 4.93. The molecule has 0 spiro atoms. The van der Waals surface area contributed by atoms with Gasteiger partial charge in [0.1, 0.15) is 11.6 Å². The Morgan fingerprint density at radius 2 is 1.70 bits per heavy atom. The lowest BCUT2D eigenvalue weighted by Crippen LogP contribution is -2.06. The van der Waals surface area contributed by atoms with Crippen LogP contribution in [0.1, 0.15) is 32.6 Å². The summed E-state index contributed by atoms with van der Waals surface area (Å²) >= 11 is 0. The van der Waals surface area contributed by atoms with Crippen LogP contribution in [0.4, 0.5) is 4.39 Å². The second-order valence-electron chi connectivity index (χ2n) is 4.93. The Morgan fingerprint density at radius 1 is 1.00 bits per heavy atom. The molecule has 0 aromatic heterocycles. The molecule has 2 aromatic carbocycles. The standard InChI is InChI=1S/C17H17FO2/c1-10-5-6-13(9-15(10)18)17(19)14-7-12(3)16(20-4)8-11(14)2/h5-9H,1-4H3. The lowest BCUT2D eigenvalue weighted by atomic mass is 9.96. The van der Waals surface area contributed by atoms with Crippen LogP contribution in [0.15, 0.2) is 30.3 Å². The molecule has 0 atom stereocenters. The Kier molecular flexibility index (Phi) is 3.89. The number of hydrogen-bond acceptors (Lipinski definition) is 2. The molecule has 0 radical (unpaired) electrons. The Bertz CT molecular complexity index is 675. The molecule has 0 saturated heterocycles. The third-order valence-corrected chi connectivity index (χ3v) is 3.42. The number of rotatable bonds is 3. The van der Waals surface area contributed by atoms with Gasteiger partial charge in [-0.05, 0) is 55.7 Å². The average molecular weight is 272 g/mol. The largest absolute Gasteiger partial charge is 0.496 e. The van der Waals surface area contributed by atoms with Crippen LogP contribution in [-0.2, 0) is 0 Å². The molecule has 20 heavy (non-hydrogen) atoms. The van der Waals surface area contributed by atoms with E-state index in [1.807, 2.05) is 19.9 Å². The number of hydrogen-bond donors (Lipinski definition) is 0. The molecule has 0 bridgehead atoms. The highest BCUT2D eigenvalue weighted by Crippen LogP contribution is 2.24. The minimum Gasteiger partial charge on any atom is -0.496 e. The van der Waals surface area contributed by atoms with Crippen molar-refractivity contribution in [1.82, 2.24) is 0 Å². The summed E-state index contributed by atoms with van der Waals surface area (Å²) in [7, 11) is 1.60. The van der Waals surface area contributed by atoms with Crippen molar-refractivity contribution in [3.8, 4) is 5.75 Å². The van der Waals surface area contributed by atoms with Crippen molar-refractivity contribution in [2.75, 3.05) is 7.11 Å². The predicted molar refractivity (Wildman–Crippen MR) is 77.0 cm³/mol. The summed E-state index contributed by atoms with van der Waals surface area (Å²) in [6.07, 6.45) is 0. The highest BCUT2D eigenvalue weighted by Gasteiger charge is 2.15. The SMILES string of the molecule is COc1cc(C)c(C(=O)c2ccc(C)c(F)c2)cc1C. The van der Waals surface area contributed by atoms with Crippen molar-refractivity contribution in [2.24, 2.45) is 0 Å². The van der Waals surface area contributed by atoms with E-state index in [0.717, 1.165) is 16.9 Å². The Hall–Kier alpha value is -2.16. The van der Waals surface area contributed by atoms with Crippen LogP contribution in [0.25, 0.3) is 0 Å². The van der Waals surface area contributed by atoms with Gasteiger partial charge in [-0.15, -0.1) is 0 Å². The molecular formula is C17H17FO2. The van der Waals surface area contributed by atoms with Crippen LogP contribution in [0.5, 0.6) is 5.75 Å². The number of methoxy groups -OCH3 is 1. The van der Waals surface area contributed by atoms with Crippen molar-refractivity contribution in [1.29, 1.82) is 0 Å². The quantitative estimate of drug-likeness (QED) is 0.790. The van der Waals surface area contributed by atoms with Crippen LogP contribution in [0.3, 0.4) is 0 Å². The van der Waals surface area contributed by atoms with Gasteiger partial charge in [-0.3, -0.25) is 4.79 Å². The zero-order valence-corrected chi connectivity index (χ0v) is 12.1. The lowest BCUT2D eigenvalue weighted by Gasteiger charge is -2.11. The van der Waals surface area contributed by atoms with Gasteiger partial charge in [-0.25, -0.2) is 4.39 Å². The smallest absolute Gasteiger partial charge is 0.193 e. The maximum atomic E-state index is 13.6. The summed E-state index contributed by atoms with van der Waals surface area (Å²) in [5.74, 6) is 0.208. The molecule has 104 valence electrons. The van der Waals surface area contributed by atoms with E-state index < -0.39 is 0 Å². The average Bonchev–Trinajstić information content (AvgIpc) is 2.43. The zero-order valence-electron chi connectivity index (χ0n) is 12.1. The molecule has 2 nitrogen and oxygen atoms in total. The van der Waals surface area contributed by atoms with Crippen molar-refractivity contribution < 1.29 is 13.9 Å². The minimum absolute atomic E-state index is 0.174. The maximum absolute atomic E-state index is 13.6. The first-order valence-corrected chi connectivity index (χ1v) is 6.40. The summed E-state index contributed by atoms with van der Waals surface area (Å²) in [5.41, 5.74) is 3.17. The van der Waals surface area contributed by atoms with Crippen LogP contribution >= 0.6 is 0 Å². The van der Waals surface area contributed by atoms with E-state index >= 15 is 0 Å². The molecule has 0 saturated carbocycles. The van der Waals surface area contributed by atoms with Gasteiger partial charge in [0.05, 0.1) is 7.11 Å². The van der Waals surface area contributed by atoms with Gasteiger partial charge in [0.25, 0.3) is 0 Å². The minimum atomic E-state index is -0.362. The summed E-state index contributed by atoms with van der Waals surface area (Å²) in [5, 5.41) is 0. The highest BCUT2D eigenvalue weighted by atomic mass is 19.1. The van der Waals surface area contributed by atoms with E-state index in [-0.39, 0.29) is 11.6 Å².